The zero-order chi connectivity index (χ0) is 17.9. The van der Waals surface area contributed by atoms with E-state index >= 15 is 0 Å². The van der Waals surface area contributed by atoms with E-state index in [0.717, 1.165) is 33.8 Å². The van der Waals surface area contributed by atoms with Crippen LogP contribution >= 0.6 is 0 Å². The SMILES string of the molecule is CCOc1ccc(N2C(=O)c3ccccc3C2=Cc2ccccc2)cc1. The molecule has 0 unspecified atom stereocenters. The van der Waals surface area contributed by atoms with Crippen LogP contribution in [0.5, 0.6) is 5.75 Å². The molecule has 1 heterocycles. The second-order valence-electron chi connectivity index (χ2n) is 6.05. The van der Waals surface area contributed by atoms with Gasteiger partial charge in [0.1, 0.15) is 5.75 Å². The highest BCUT2D eigenvalue weighted by atomic mass is 16.5. The first-order valence-corrected chi connectivity index (χ1v) is 8.71. The summed E-state index contributed by atoms with van der Waals surface area (Å²) in [6.45, 7) is 2.57. The average molecular weight is 341 g/mol. The van der Waals surface area contributed by atoms with Gasteiger partial charge < -0.3 is 4.74 Å². The molecule has 1 aliphatic heterocycles. The van der Waals surface area contributed by atoms with Crippen LogP contribution in [0.2, 0.25) is 0 Å². The molecule has 0 saturated carbocycles. The third kappa shape index (κ3) is 2.88. The van der Waals surface area contributed by atoms with Gasteiger partial charge in [-0.2, -0.15) is 0 Å². The van der Waals surface area contributed by atoms with Gasteiger partial charge in [-0.3, -0.25) is 9.69 Å². The van der Waals surface area contributed by atoms with Crippen LogP contribution in [-0.4, -0.2) is 12.5 Å². The summed E-state index contributed by atoms with van der Waals surface area (Å²) in [5.74, 6) is 0.793. The lowest BCUT2D eigenvalue weighted by Crippen LogP contribution is -2.22. The average Bonchev–Trinajstić information content (AvgIpc) is 2.96. The minimum Gasteiger partial charge on any atom is -0.494 e. The number of ether oxygens (including phenoxy) is 1. The molecule has 3 nitrogen and oxygen atoms in total. The van der Waals surface area contributed by atoms with E-state index in [1.165, 1.54) is 0 Å². The van der Waals surface area contributed by atoms with Crippen LogP contribution in [0.15, 0.2) is 78.9 Å². The predicted octanol–water partition coefficient (Wildman–Crippen LogP) is 5.24. The standard InChI is InChI=1S/C23H19NO2/c1-2-26-19-14-12-18(13-15-19)24-22(16-17-8-4-3-5-9-17)20-10-6-7-11-21(20)23(24)25/h3-16H,2H2,1H3. The van der Waals surface area contributed by atoms with Crippen molar-refractivity contribution in [2.24, 2.45) is 0 Å². The maximum atomic E-state index is 13.1. The molecule has 1 aliphatic rings. The molecule has 0 radical (unpaired) electrons. The predicted molar refractivity (Wildman–Crippen MR) is 105 cm³/mol. The zero-order valence-electron chi connectivity index (χ0n) is 14.6. The summed E-state index contributed by atoms with van der Waals surface area (Å²) >= 11 is 0. The van der Waals surface area contributed by atoms with Crippen LogP contribution in [0.3, 0.4) is 0 Å². The lowest BCUT2D eigenvalue weighted by Gasteiger charge is -2.19. The third-order valence-electron chi connectivity index (χ3n) is 4.39. The van der Waals surface area contributed by atoms with Crippen molar-refractivity contribution in [2.75, 3.05) is 11.5 Å². The van der Waals surface area contributed by atoms with Gasteiger partial charge in [-0.25, -0.2) is 0 Å². The van der Waals surface area contributed by atoms with Crippen LogP contribution in [0, 0.1) is 0 Å². The van der Waals surface area contributed by atoms with E-state index in [1.54, 1.807) is 4.90 Å². The molecule has 3 aromatic carbocycles. The number of hydrogen-bond acceptors (Lipinski definition) is 2. The number of fused-ring (bicyclic) bond motifs is 1. The monoisotopic (exact) mass is 341 g/mol. The molecule has 0 atom stereocenters. The van der Waals surface area contributed by atoms with Gasteiger partial charge in [0, 0.05) is 16.8 Å². The number of benzene rings is 3. The van der Waals surface area contributed by atoms with Crippen LogP contribution in [-0.2, 0) is 0 Å². The highest BCUT2D eigenvalue weighted by molar-refractivity contribution is 6.24. The van der Waals surface area contributed by atoms with Crippen molar-refractivity contribution in [3.05, 3.63) is 95.6 Å². The fourth-order valence-electron chi connectivity index (χ4n) is 3.21. The molecule has 3 aromatic rings. The summed E-state index contributed by atoms with van der Waals surface area (Å²) in [7, 11) is 0. The zero-order valence-corrected chi connectivity index (χ0v) is 14.6. The topological polar surface area (TPSA) is 29.5 Å². The van der Waals surface area contributed by atoms with Gasteiger partial charge in [0.05, 0.1) is 12.3 Å². The van der Waals surface area contributed by atoms with E-state index in [4.69, 9.17) is 4.74 Å². The van der Waals surface area contributed by atoms with Gasteiger partial charge in [0.15, 0.2) is 0 Å². The van der Waals surface area contributed by atoms with Crippen LogP contribution in [0.4, 0.5) is 5.69 Å². The summed E-state index contributed by atoms with van der Waals surface area (Å²) in [4.78, 5) is 14.8. The smallest absolute Gasteiger partial charge is 0.263 e. The second-order valence-corrected chi connectivity index (χ2v) is 6.05. The highest BCUT2D eigenvalue weighted by Crippen LogP contribution is 2.38. The minimum absolute atomic E-state index is 0.00746. The van der Waals surface area contributed by atoms with Crippen molar-refractivity contribution in [3.8, 4) is 5.75 Å². The first-order valence-electron chi connectivity index (χ1n) is 8.71. The number of carbonyl (C=O) groups is 1. The molecule has 0 aromatic heterocycles. The van der Waals surface area contributed by atoms with Crippen molar-refractivity contribution >= 4 is 23.4 Å². The number of hydrogen-bond donors (Lipinski definition) is 0. The molecular formula is C23H19NO2. The summed E-state index contributed by atoms with van der Waals surface area (Å²) in [5.41, 5.74) is 4.46. The van der Waals surface area contributed by atoms with Gasteiger partial charge in [-0.05, 0) is 48.9 Å². The maximum absolute atomic E-state index is 13.1. The Morgan fingerprint density at radius 1 is 0.846 bits per heavy atom. The molecule has 1 amide bonds. The Balaban J connectivity index is 1.81. The maximum Gasteiger partial charge on any atom is 0.263 e. The molecule has 0 aliphatic carbocycles. The molecule has 0 N–H and O–H groups in total. The first-order chi connectivity index (χ1) is 12.8. The molecule has 3 heteroatoms. The number of amides is 1. The largest absolute Gasteiger partial charge is 0.494 e. The number of anilines is 1. The van der Waals surface area contributed by atoms with E-state index in [2.05, 4.69) is 6.08 Å². The van der Waals surface area contributed by atoms with Gasteiger partial charge >= 0.3 is 0 Å². The lowest BCUT2D eigenvalue weighted by atomic mass is 10.1. The summed E-state index contributed by atoms with van der Waals surface area (Å²) < 4.78 is 5.52. The third-order valence-corrected chi connectivity index (χ3v) is 4.39. The number of nitrogens with zero attached hydrogens (tertiary/aromatic N) is 1. The van der Waals surface area contributed by atoms with E-state index in [1.807, 2.05) is 85.8 Å². The van der Waals surface area contributed by atoms with E-state index in [9.17, 15) is 4.79 Å². The number of rotatable bonds is 4. The Bertz CT molecular complexity index is 959. The van der Waals surface area contributed by atoms with E-state index < -0.39 is 0 Å². The Kier molecular flexibility index (Phi) is 4.28. The van der Waals surface area contributed by atoms with Crippen molar-refractivity contribution in [1.82, 2.24) is 0 Å². The summed E-state index contributed by atoms with van der Waals surface area (Å²) in [6, 6.07) is 25.4. The minimum atomic E-state index is -0.00746. The molecule has 128 valence electrons. The second kappa shape index (κ2) is 6.89. The molecular weight excluding hydrogens is 322 g/mol. The Labute approximate surface area is 153 Å². The van der Waals surface area contributed by atoms with Crippen LogP contribution in [0.25, 0.3) is 11.8 Å². The summed E-state index contributed by atoms with van der Waals surface area (Å²) in [6.07, 6.45) is 2.06. The fraction of sp³-hybridized carbons (Fsp3) is 0.0870. The normalized spacial score (nSPS) is 14.6. The highest BCUT2D eigenvalue weighted by Gasteiger charge is 2.33. The van der Waals surface area contributed by atoms with Crippen LogP contribution < -0.4 is 9.64 Å². The van der Waals surface area contributed by atoms with E-state index in [0.29, 0.717) is 6.61 Å². The molecule has 26 heavy (non-hydrogen) atoms. The quantitative estimate of drug-likeness (QED) is 0.649. The molecule has 4 rings (SSSR count). The Morgan fingerprint density at radius 2 is 1.50 bits per heavy atom. The van der Waals surface area contributed by atoms with Gasteiger partial charge in [0.2, 0.25) is 0 Å². The van der Waals surface area contributed by atoms with Gasteiger partial charge in [-0.1, -0.05) is 48.5 Å². The van der Waals surface area contributed by atoms with Crippen LogP contribution in [0.1, 0.15) is 28.4 Å². The lowest BCUT2D eigenvalue weighted by molar-refractivity contribution is 0.101. The fourth-order valence-corrected chi connectivity index (χ4v) is 3.21. The van der Waals surface area contributed by atoms with Gasteiger partial charge in [0.25, 0.3) is 5.91 Å². The Morgan fingerprint density at radius 3 is 2.19 bits per heavy atom. The van der Waals surface area contributed by atoms with E-state index in [-0.39, 0.29) is 5.91 Å². The van der Waals surface area contributed by atoms with Crippen molar-refractivity contribution in [3.63, 3.8) is 0 Å². The molecule has 0 spiro atoms. The molecule has 0 bridgehead atoms. The molecule has 0 saturated heterocycles. The van der Waals surface area contributed by atoms with Crippen molar-refractivity contribution in [2.45, 2.75) is 6.92 Å². The van der Waals surface area contributed by atoms with Crippen molar-refractivity contribution in [1.29, 1.82) is 0 Å². The molecule has 0 fully saturated rings. The summed E-state index contributed by atoms with van der Waals surface area (Å²) in [5, 5.41) is 0. The first kappa shape index (κ1) is 16.2. The Hall–Kier alpha value is -3.33. The number of carbonyl (C=O) groups excluding carboxylic acids is 1. The van der Waals surface area contributed by atoms with Crippen molar-refractivity contribution < 1.29 is 9.53 Å². The van der Waals surface area contributed by atoms with Gasteiger partial charge in [-0.15, -0.1) is 0 Å².